The maximum absolute atomic E-state index is 12.2. The van der Waals surface area contributed by atoms with Crippen molar-refractivity contribution in [2.24, 2.45) is 0 Å². The summed E-state index contributed by atoms with van der Waals surface area (Å²) in [5.41, 5.74) is 0.733. The Morgan fingerprint density at radius 3 is 2.68 bits per heavy atom. The van der Waals surface area contributed by atoms with E-state index in [-0.39, 0.29) is 5.78 Å². The highest BCUT2D eigenvalue weighted by Gasteiger charge is 2.31. The Bertz CT molecular complexity index is 534. The van der Waals surface area contributed by atoms with E-state index in [4.69, 9.17) is 4.74 Å². The molecular formula is C14H16INO3. The molecule has 0 fully saturated rings. The van der Waals surface area contributed by atoms with E-state index in [1.165, 1.54) is 0 Å². The van der Waals surface area contributed by atoms with Crippen molar-refractivity contribution in [1.29, 1.82) is 0 Å². The molecule has 1 aromatic rings. The van der Waals surface area contributed by atoms with Crippen LogP contribution < -0.4 is 4.90 Å². The van der Waals surface area contributed by atoms with Crippen molar-refractivity contribution in [2.75, 3.05) is 11.4 Å². The molecule has 0 aliphatic carbocycles. The summed E-state index contributed by atoms with van der Waals surface area (Å²) in [6.45, 7) is 5.87. The Labute approximate surface area is 126 Å². The summed E-state index contributed by atoms with van der Waals surface area (Å²) >= 11 is 2.14. The number of ketones is 1. The zero-order chi connectivity index (χ0) is 14.2. The van der Waals surface area contributed by atoms with Gasteiger partial charge in [0.15, 0.2) is 5.78 Å². The Balaban J connectivity index is 2.38. The van der Waals surface area contributed by atoms with Gasteiger partial charge in [-0.2, -0.15) is 0 Å². The molecular weight excluding hydrogens is 357 g/mol. The van der Waals surface area contributed by atoms with Gasteiger partial charge < -0.3 is 4.74 Å². The van der Waals surface area contributed by atoms with Crippen molar-refractivity contribution in [3.8, 4) is 0 Å². The number of nitrogens with zero attached hydrogens (tertiary/aromatic N) is 1. The van der Waals surface area contributed by atoms with Gasteiger partial charge in [0, 0.05) is 22.1 Å². The van der Waals surface area contributed by atoms with Crippen LogP contribution >= 0.6 is 22.6 Å². The minimum absolute atomic E-state index is 0.0772. The Morgan fingerprint density at radius 2 is 2.05 bits per heavy atom. The van der Waals surface area contributed by atoms with Crippen molar-refractivity contribution in [3.63, 3.8) is 0 Å². The molecule has 1 aromatic carbocycles. The molecule has 0 spiro atoms. The first kappa shape index (κ1) is 14.3. The highest BCUT2D eigenvalue weighted by atomic mass is 127. The molecule has 1 aliphatic rings. The van der Waals surface area contributed by atoms with Crippen LogP contribution in [0, 0.1) is 3.57 Å². The predicted octanol–water partition coefficient (Wildman–Crippen LogP) is 3.62. The number of para-hydroxylation sites is 1. The topological polar surface area (TPSA) is 46.6 Å². The largest absolute Gasteiger partial charge is 0.443 e. The van der Waals surface area contributed by atoms with E-state index in [9.17, 15) is 9.59 Å². The maximum Gasteiger partial charge on any atom is 0.414 e. The standard InChI is InChI=1S/C14H16INO3/c1-14(2,3)19-13(18)16-8-7-11(17)9-5-4-6-10(15)12(9)16/h4-6H,7-8H2,1-3H3. The van der Waals surface area contributed by atoms with E-state index in [1.807, 2.05) is 32.9 Å². The van der Waals surface area contributed by atoms with E-state index < -0.39 is 11.7 Å². The van der Waals surface area contributed by atoms with Gasteiger partial charge >= 0.3 is 6.09 Å². The van der Waals surface area contributed by atoms with Gasteiger partial charge in [0.25, 0.3) is 0 Å². The van der Waals surface area contributed by atoms with Crippen molar-refractivity contribution in [2.45, 2.75) is 32.8 Å². The van der Waals surface area contributed by atoms with Gasteiger partial charge in [0.2, 0.25) is 0 Å². The minimum atomic E-state index is -0.543. The molecule has 0 saturated carbocycles. The molecule has 1 aliphatic heterocycles. The number of carbonyl (C=O) groups excluding carboxylic acids is 2. The highest BCUT2D eigenvalue weighted by Crippen LogP contribution is 2.32. The monoisotopic (exact) mass is 373 g/mol. The van der Waals surface area contributed by atoms with Gasteiger partial charge in [-0.15, -0.1) is 0 Å². The maximum atomic E-state index is 12.2. The second kappa shape index (κ2) is 5.11. The quantitative estimate of drug-likeness (QED) is 0.653. The third-order valence-corrected chi connectivity index (χ3v) is 3.60. The fourth-order valence-corrected chi connectivity index (χ4v) is 2.76. The number of halogens is 1. The van der Waals surface area contributed by atoms with E-state index in [0.717, 1.165) is 3.57 Å². The van der Waals surface area contributed by atoms with Gasteiger partial charge in [-0.1, -0.05) is 6.07 Å². The first-order chi connectivity index (χ1) is 8.79. The second-order valence-corrected chi connectivity index (χ2v) is 6.60. The summed E-state index contributed by atoms with van der Waals surface area (Å²) in [5, 5.41) is 0. The number of benzene rings is 1. The Morgan fingerprint density at radius 1 is 1.37 bits per heavy atom. The molecule has 0 radical (unpaired) electrons. The summed E-state index contributed by atoms with van der Waals surface area (Å²) in [4.78, 5) is 25.7. The molecule has 0 unspecified atom stereocenters. The zero-order valence-electron chi connectivity index (χ0n) is 11.2. The minimum Gasteiger partial charge on any atom is -0.443 e. The van der Waals surface area contributed by atoms with E-state index in [0.29, 0.717) is 24.2 Å². The van der Waals surface area contributed by atoms with Crippen LogP contribution in [0.5, 0.6) is 0 Å². The highest BCUT2D eigenvalue weighted by molar-refractivity contribution is 14.1. The van der Waals surface area contributed by atoms with Gasteiger partial charge in [-0.3, -0.25) is 9.69 Å². The number of ether oxygens (including phenoxy) is 1. The van der Waals surface area contributed by atoms with Crippen molar-refractivity contribution in [1.82, 2.24) is 0 Å². The molecule has 4 nitrogen and oxygen atoms in total. The number of anilines is 1. The van der Waals surface area contributed by atoms with Crippen molar-refractivity contribution < 1.29 is 14.3 Å². The number of Topliss-reactive ketones (excluding diaryl/α,β-unsaturated/α-hetero) is 1. The number of amides is 1. The van der Waals surface area contributed by atoms with Crippen LogP contribution in [-0.2, 0) is 4.74 Å². The number of hydrogen-bond acceptors (Lipinski definition) is 3. The molecule has 1 heterocycles. The molecule has 0 N–H and O–H groups in total. The normalized spacial score (nSPS) is 15.2. The first-order valence-corrected chi connectivity index (χ1v) is 7.20. The van der Waals surface area contributed by atoms with Crippen LogP contribution in [-0.4, -0.2) is 24.0 Å². The SMILES string of the molecule is CC(C)(C)OC(=O)N1CCC(=O)c2cccc(I)c21. The van der Waals surface area contributed by atoms with Crippen LogP contribution in [0.15, 0.2) is 18.2 Å². The van der Waals surface area contributed by atoms with Crippen LogP contribution in [0.2, 0.25) is 0 Å². The summed E-state index contributed by atoms with van der Waals surface area (Å²) < 4.78 is 6.28. The van der Waals surface area contributed by atoms with Gasteiger partial charge in [-0.25, -0.2) is 4.79 Å². The van der Waals surface area contributed by atoms with Crippen molar-refractivity contribution >= 4 is 40.2 Å². The van der Waals surface area contributed by atoms with Gasteiger partial charge in [0.05, 0.1) is 5.69 Å². The fraction of sp³-hybridized carbons (Fsp3) is 0.429. The lowest BCUT2D eigenvalue weighted by molar-refractivity contribution is 0.0577. The van der Waals surface area contributed by atoms with E-state index in [2.05, 4.69) is 22.6 Å². The Kier molecular flexibility index (Phi) is 3.85. The molecule has 1 amide bonds. The summed E-state index contributed by atoms with van der Waals surface area (Å²) in [7, 11) is 0. The van der Waals surface area contributed by atoms with Gasteiger partial charge in [0.1, 0.15) is 5.60 Å². The third kappa shape index (κ3) is 3.08. The lowest BCUT2D eigenvalue weighted by Crippen LogP contribution is -2.41. The summed E-state index contributed by atoms with van der Waals surface area (Å²) in [6.07, 6.45) is -0.0582. The molecule has 19 heavy (non-hydrogen) atoms. The number of rotatable bonds is 0. The van der Waals surface area contributed by atoms with Crippen LogP contribution in [0.25, 0.3) is 0 Å². The predicted molar refractivity (Wildman–Crippen MR) is 81.7 cm³/mol. The first-order valence-electron chi connectivity index (χ1n) is 6.12. The van der Waals surface area contributed by atoms with E-state index >= 15 is 0 Å². The second-order valence-electron chi connectivity index (χ2n) is 5.44. The number of fused-ring (bicyclic) bond motifs is 1. The van der Waals surface area contributed by atoms with Crippen LogP contribution in [0.4, 0.5) is 10.5 Å². The molecule has 102 valence electrons. The van der Waals surface area contributed by atoms with Crippen LogP contribution in [0.3, 0.4) is 0 Å². The summed E-state index contributed by atoms with van der Waals surface area (Å²) in [5.74, 6) is 0.0772. The van der Waals surface area contributed by atoms with Gasteiger partial charge in [-0.05, 0) is 55.5 Å². The fourth-order valence-electron chi connectivity index (χ4n) is 1.97. The molecule has 5 heteroatoms. The lowest BCUT2D eigenvalue weighted by atomic mass is 10.0. The average molecular weight is 373 g/mol. The molecule has 0 saturated heterocycles. The molecule has 2 rings (SSSR count). The zero-order valence-corrected chi connectivity index (χ0v) is 13.4. The third-order valence-electron chi connectivity index (χ3n) is 2.73. The van der Waals surface area contributed by atoms with Crippen molar-refractivity contribution in [3.05, 3.63) is 27.3 Å². The molecule has 0 aromatic heterocycles. The van der Waals surface area contributed by atoms with Crippen LogP contribution in [0.1, 0.15) is 37.6 Å². The number of hydrogen-bond donors (Lipinski definition) is 0. The molecule has 0 atom stereocenters. The lowest BCUT2D eigenvalue weighted by Gasteiger charge is -2.31. The molecule has 0 bridgehead atoms. The smallest absolute Gasteiger partial charge is 0.414 e. The Hall–Kier alpha value is -1.11. The number of carbonyl (C=O) groups is 2. The van der Waals surface area contributed by atoms with E-state index in [1.54, 1.807) is 11.0 Å². The average Bonchev–Trinajstić information content (AvgIpc) is 2.28. The summed E-state index contributed by atoms with van der Waals surface area (Å²) in [6, 6.07) is 5.48.